The Balaban J connectivity index is 1.87. The van der Waals surface area contributed by atoms with E-state index in [1.807, 2.05) is 18.4 Å². The maximum Gasteiger partial charge on any atom is 0.136 e. The summed E-state index contributed by atoms with van der Waals surface area (Å²) in [4.78, 5) is 4.49. The Kier molecular flexibility index (Phi) is 5.58. The number of aromatic nitrogens is 1. The highest BCUT2D eigenvalue weighted by molar-refractivity contribution is 7.11. The molecule has 0 saturated carbocycles. The first-order chi connectivity index (χ1) is 12.5. The minimum atomic E-state index is -0.346. The maximum atomic E-state index is 13.4. The molecule has 0 amide bonds. The summed E-state index contributed by atoms with van der Waals surface area (Å²) in [6.45, 7) is 1.85. The molecule has 0 saturated heterocycles. The molecule has 2 aromatic carbocycles. The third-order valence-corrected chi connectivity index (χ3v) is 5.26. The molecule has 0 aliphatic heterocycles. The number of rotatable bonds is 4. The zero-order chi connectivity index (χ0) is 18.7. The van der Waals surface area contributed by atoms with Gasteiger partial charge in [-0.2, -0.15) is 5.26 Å². The molecule has 0 spiro atoms. The third-order valence-electron chi connectivity index (χ3n) is 3.64. The van der Waals surface area contributed by atoms with E-state index in [1.165, 1.54) is 29.7 Å². The fourth-order valence-electron chi connectivity index (χ4n) is 2.23. The van der Waals surface area contributed by atoms with Gasteiger partial charge < -0.3 is 5.32 Å². The van der Waals surface area contributed by atoms with Crippen LogP contribution in [-0.4, -0.2) is 4.98 Å². The van der Waals surface area contributed by atoms with Crippen molar-refractivity contribution in [1.82, 2.24) is 4.98 Å². The highest BCUT2D eigenvalue weighted by atomic mass is 35.5. The standard InChI is InChI=1S/C19H12Cl2FN3S/c1-11-2-4-14(22)7-17(11)24-9-13(8-23)19-25-18(10-26-19)12-3-5-15(20)16(21)6-12/h2-7,9-10,24H,1H3/b13-9+. The number of hydrogen-bond acceptors (Lipinski definition) is 4. The van der Waals surface area contributed by atoms with Crippen LogP contribution < -0.4 is 5.32 Å². The second-order valence-electron chi connectivity index (χ2n) is 5.44. The van der Waals surface area contributed by atoms with Crippen LogP contribution in [0.15, 0.2) is 48.0 Å². The minimum absolute atomic E-state index is 0.346. The van der Waals surface area contributed by atoms with Crippen molar-refractivity contribution in [2.75, 3.05) is 5.32 Å². The van der Waals surface area contributed by atoms with E-state index >= 15 is 0 Å². The quantitative estimate of drug-likeness (QED) is 0.502. The van der Waals surface area contributed by atoms with Gasteiger partial charge >= 0.3 is 0 Å². The fraction of sp³-hybridized carbons (Fsp3) is 0.0526. The Hall–Kier alpha value is -2.39. The Morgan fingerprint density at radius 3 is 2.77 bits per heavy atom. The zero-order valence-corrected chi connectivity index (χ0v) is 15.9. The molecule has 26 heavy (non-hydrogen) atoms. The molecule has 0 aliphatic rings. The number of benzene rings is 2. The molecule has 1 aromatic heterocycles. The second-order valence-corrected chi connectivity index (χ2v) is 7.11. The first-order valence-electron chi connectivity index (χ1n) is 7.52. The van der Waals surface area contributed by atoms with Crippen molar-refractivity contribution < 1.29 is 4.39 Å². The highest BCUT2D eigenvalue weighted by Crippen LogP contribution is 2.31. The van der Waals surface area contributed by atoms with Crippen LogP contribution in [0.25, 0.3) is 16.8 Å². The Bertz CT molecular complexity index is 1040. The fourth-order valence-corrected chi connectivity index (χ4v) is 3.32. The number of halogens is 3. The lowest BCUT2D eigenvalue weighted by Crippen LogP contribution is -1.94. The van der Waals surface area contributed by atoms with Crippen molar-refractivity contribution in [3.8, 4) is 17.3 Å². The summed E-state index contributed by atoms with van der Waals surface area (Å²) in [7, 11) is 0. The molecular formula is C19H12Cl2FN3S. The molecule has 1 heterocycles. The molecule has 3 nitrogen and oxygen atoms in total. The topological polar surface area (TPSA) is 48.7 Å². The second kappa shape index (κ2) is 7.88. The number of anilines is 1. The predicted octanol–water partition coefficient (Wildman–Crippen LogP) is 6.54. The van der Waals surface area contributed by atoms with Crippen molar-refractivity contribution in [2.24, 2.45) is 0 Å². The molecule has 0 fully saturated rings. The summed E-state index contributed by atoms with van der Waals surface area (Å²) in [5.41, 5.74) is 3.33. The Morgan fingerprint density at radius 2 is 2.04 bits per heavy atom. The first-order valence-corrected chi connectivity index (χ1v) is 9.16. The van der Waals surface area contributed by atoms with Crippen LogP contribution in [0, 0.1) is 24.1 Å². The largest absolute Gasteiger partial charge is 0.360 e. The lowest BCUT2D eigenvalue weighted by atomic mass is 10.2. The molecule has 0 unspecified atom stereocenters. The normalized spacial score (nSPS) is 11.3. The molecule has 3 rings (SSSR count). The zero-order valence-electron chi connectivity index (χ0n) is 13.6. The molecule has 130 valence electrons. The van der Waals surface area contributed by atoms with Gasteiger partial charge in [-0.05, 0) is 36.8 Å². The number of aryl methyl sites for hydroxylation is 1. The van der Waals surface area contributed by atoms with Crippen LogP contribution >= 0.6 is 34.5 Å². The van der Waals surface area contributed by atoms with Gasteiger partial charge in [-0.25, -0.2) is 9.37 Å². The van der Waals surface area contributed by atoms with Gasteiger partial charge in [0.2, 0.25) is 0 Å². The van der Waals surface area contributed by atoms with E-state index in [2.05, 4.69) is 16.4 Å². The van der Waals surface area contributed by atoms with Crippen LogP contribution in [0.4, 0.5) is 10.1 Å². The van der Waals surface area contributed by atoms with E-state index in [0.717, 1.165) is 11.1 Å². The van der Waals surface area contributed by atoms with E-state index in [9.17, 15) is 9.65 Å². The van der Waals surface area contributed by atoms with Crippen molar-refractivity contribution in [1.29, 1.82) is 5.26 Å². The van der Waals surface area contributed by atoms with Crippen molar-refractivity contribution in [3.05, 3.63) is 74.4 Å². The molecule has 3 aromatic rings. The molecule has 7 heteroatoms. The molecule has 0 bridgehead atoms. The maximum absolute atomic E-state index is 13.4. The van der Waals surface area contributed by atoms with Gasteiger partial charge in [0.25, 0.3) is 0 Å². The van der Waals surface area contributed by atoms with Crippen LogP contribution in [0.5, 0.6) is 0 Å². The first kappa shape index (κ1) is 18.4. The summed E-state index contributed by atoms with van der Waals surface area (Å²) in [6.07, 6.45) is 1.53. The average molecular weight is 404 g/mol. The number of hydrogen-bond donors (Lipinski definition) is 1. The molecule has 0 atom stereocenters. The summed E-state index contributed by atoms with van der Waals surface area (Å²) in [5, 5.41) is 15.7. The number of nitrogens with one attached hydrogen (secondary N) is 1. The van der Waals surface area contributed by atoms with Crippen LogP contribution in [0.2, 0.25) is 10.0 Å². The van der Waals surface area contributed by atoms with Gasteiger partial charge in [-0.3, -0.25) is 0 Å². The van der Waals surface area contributed by atoms with Gasteiger partial charge in [0, 0.05) is 22.8 Å². The Morgan fingerprint density at radius 1 is 1.23 bits per heavy atom. The number of nitriles is 1. The van der Waals surface area contributed by atoms with E-state index in [1.54, 1.807) is 18.2 Å². The van der Waals surface area contributed by atoms with E-state index in [-0.39, 0.29) is 5.82 Å². The lowest BCUT2D eigenvalue weighted by molar-refractivity contribution is 0.628. The third kappa shape index (κ3) is 4.05. The van der Waals surface area contributed by atoms with Gasteiger partial charge in [-0.15, -0.1) is 11.3 Å². The molecule has 0 aliphatic carbocycles. The SMILES string of the molecule is Cc1ccc(F)cc1N/C=C(\C#N)c1nc(-c2ccc(Cl)c(Cl)c2)cs1. The number of nitrogens with zero attached hydrogens (tertiary/aromatic N) is 2. The monoisotopic (exact) mass is 403 g/mol. The smallest absolute Gasteiger partial charge is 0.136 e. The Labute approximate surface area is 164 Å². The number of thiazole rings is 1. The van der Waals surface area contributed by atoms with Gasteiger partial charge in [0.15, 0.2) is 0 Å². The van der Waals surface area contributed by atoms with Gasteiger partial charge in [-0.1, -0.05) is 35.3 Å². The van der Waals surface area contributed by atoms with E-state index < -0.39 is 0 Å². The summed E-state index contributed by atoms with van der Waals surface area (Å²) >= 11 is 13.3. The molecule has 1 N–H and O–H groups in total. The van der Waals surface area contributed by atoms with Crippen LogP contribution in [0.1, 0.15) is 10.6 Å². The van der Waals surface area contributed by atoms with E-state index in [4.69, 9.17) is 23.2 Å². The molecule has 0 radical (unpaired) electrons. The van der Waals surface area contributed by atoms with E-state index in [0.29, 0.717) is 32.0 Å². The lowest BCUT2D eigenvalue weighted by Gasteiger charge is -2.05. The average Bonchev–Trinajstić information content (AvgIpc) is 3.10. The van der Waals surface area contributed by atoms with Crippen molar-refractivity contribution >= 4 is 45.8 Å². The minimum Gasteiger partial charge on any atom is -0.360 e. The summed E-state index contributed by atoms with van der Waals surface area (Å²) in [6, 6.07) is 11.8. The van der Waals surface area contributed by atoms with Crippen LogP contribution in [-0.2, 0) is 0 Å². The van der Waals surface area contributed by atoms with Crippen molar-refractivity contribution in [3.63, 3.8) is 0 Å². The predicted molar refractivity (Wildman–Crippen MR) is 106 cm³/mol. The van der Waals surface area contributed by atoms with Crippen molar-refractivity contribution in [2.45, 2.75) is 6.92 Å². The van der Waals surface area contributed by atoms with Crippen LogP contribution in [0.3, 0.4) is 0 Å². The molecular weight excluding hydrogens is 392 g/mol. The number of allylic oxidation sites excluding steroid dienone is 1. The van der Waals surface area contributed by atoms with Gasteiger partial charge in [0.1, 0.15) is 22.5 Å². The highest BCUT2D eigenvalue weighted by Gasteiger charge is 2.10. The van der Waals surface area contributed by atoms with Gasteiger partial charge in [0.05, 0.1) is 15.7 Å². The summed E-state index contributed by atoms with van der Waals surface area (Å²) < 4.78 is 13.4. The summed E-state index contributed by atoms with van der Waals surface area (Å²) in [5.74, 6) is -0.346.